The fourth-order valence-electron chi connectivity index (χ4n) is 2.24. The lowest BCUT2D eigenvalue weighted by atomic mass is 10.2. The molecule has 25 heavy (non-hydrogen) atoms. The molecule has 8 heteroatoms. The SMILES string of the molecule is O=[N+]([O-])c1cccc(-c2ncn(CCCOc3ccc(F)cc3)n2)c1. The Morgan fingerprint density at radius 2 is 2.00 bits per heavy atom. The van der Waals surface area contributed by atoms with E-state index in [1.165, 1.54) is 24.3 Å². The van der Waals surface area contributed by atoms with Crippen molar-refractivity contribution in [3.63, 3.8) is 0 Å². The van der Waals surface area contributed by atoms with Crippen molar-refractivity contribution in [3.05, 3.63) is 70.8 Å². The van der Waals surface area contributed by atoms with Gasteiger partial charge in [-0.1, -0.05) is 12.1 Å². The minimum atomic E-state index is -0.451. The molecule has 0 atom stereocenters. The van der Waals surface area contributed by atoms with E-state index in [9.17, 15) is 14.5 Å². The number of aryl methyl sites for hydroxylation is 1. The number of aromatic nitrogens is 3. The number of halogens is 1. The van der Waals surface area contributed by atoms with Crippen molar-refractivity contribution in [3.8, 4) is 17.1 Å². The molecule has 3 aromatic rings. The molecule has 0 radical (unpaired) electrons. The van der Waals surface area contributed by atoms with Crippen LogP contribution in [0.5, 0.6) is 5.75 Å². The maximum absolute atomic E-state index is 12.8. The van der Waals surface area contributed by atoms with Gasteiger partial charge in [0.1, 0.15) is 17.9 Å². The van der Waals surface area contributed by atoms with E-state index in [1.54, 1.807) is 35.3 Å². The number of nitro benzene ring substituents is 1. The predicted molar refractivity (Wildman–Crippen MR) is 88.6 cm³/mol. The van der Waals surface area contributed by atoms with Crippen molar-refractivity contribution in [1.82, 2.24) is 14.8 Å². The van der Waals surface area contributed by atoms with Gasteiger partial charge in [0, 0.05) is 30.7 Å². The van der Waals surface area contributed by atoms with Gasteiger partial charge in [-0.05, 0) is 24.3 Å². The topological polar surface area (TPSA) is 83.1 Å². The van der Waals surface area contributed by atoms with Crippen LogP contribution in [0.1, 0.15) is 6.42 Å². The molecule has 128 valence electrons. The second-order valence-electron chi connectivity index (χ2n) is 5.29. The van der Waals surface area contributed by atoms with Crippen molar-refractivity contribution < 1.29 is 14.1 Å². The first-order valence-electron chi connectivity index (χ1n) is 7.64. The van der Waals surface area contributed by atoms with Crippen LogP contribution in [0, 0.1) is 15.9 Å². The van der Waals surface area contributed by atoms with E-state index in [4.69, 9.17) is 4.74 Å². The summed E-state index contributed by atoms with van der Waals surface area (Å²) in [6.07, 6.45) is 2.27. The largest absolute Gasteiger partial charge is 0.494 e. The molecule has 0 unspecified atom stereocenters. The normalized spacial score (nSPS) is 10.6. The first-order valence-corrected chi connectivity index (χ1v) is 7.64. The molecule has 0 saturated heterocycles. The molecular formula is C17H15FN4O3. The Morgan fingerprint density at radius 3 is 2.76 bits per heavy atom. The molecule has 0 spiro atoms. The minimum Gasteiger partial charge on any atom is -0.494 e. The average molecular weight is 342 g/mol. The van der Waals surface area contributed by atoms with Crippen LogP contribution in [0.4, 0.5) is 10.1 Å². The van der Waals surface area contributed by atoms with E-state index in [2.05, 4.69) is 10.1 Å². The Labute approximate surface area is 142 Å². The number of nitro groups is 1. The van der Waals surface area contributed by atoms with Crippen molar-refractivity contribution in [2.24, 2.45) is 0 Å². The third kappa shape index (κ3) is 4.37. The smallest absolute Gasteiger partial charge is 0.270 e. The van der Waals surface area contributed by atoms with Gasteiger partial charge in [0.2, 0.25) is 0 Å². The zero-order valence-electron chi connectivity index (χ0n) is 13.2. The highest BCUT2D eigenvalue weighted by Gasteiger charge is 2.10. The van der Waals surface area contributed by atoms with E-state index in [1.807, 2.05) is 0 Å². The number of nitrogens with zero attached hydrogens (tertiary/aromatic N) is 4. The van der Waals surface area contributed by atoms with Crippen LogP contribution in [0.15, 0.2) is 54.9 Å². The van der Waals surface area contributed by atoms with Gasteiger partial charge in [0.25, 0.3) is 5.69 Å². The predicted octanol–water partition coefficient (Wildman–Crippen LogP) is 3.46. The lowest BCUT2D eigenvalue weighted by Crippen LogP contribution is -2.05. The maximum Gasteiger partial charge on any atom is 0.270 e. The molecule has 0 amide bonds. The second kappa shape index (κ2) is 7.52. The third-order valence-electron chi connectivity index (χ3n) is 3.47. The van der Waals surface area contributed by atoms with Gasteiger partial charge in [0.05, 0.1) is 11.5 Å². The molecule has 1 aromatic heterocycles. The fraction of sp³-hybridized carbons (Fsp3) is 0.176. The van der Waals surface area contributed by atoms with Gasteiger partial charge < -0.3 is 4.74 Å². The highest BCUT2D eigenvalue weighted by molar-refractivity contribution is 5.58. The summed E-state index contributed by atoms with van der Waals surface area (Å²) in [5.74, 6) is 0.740. The van der Waals surface area contributed by atoms with E-state index in [-0.39, 0.29) is 11.5 Å². The molecule has 0 N–H and O–H groups in total. The number of hydrogen-bond donors (Lipinski definition) is 0. The Bertz CT molecular complexity index is 864. The number of hydrogen-bond acceptors (Lipinski definition) is 5. The molecule has 3 rings (SSSR count). The molecule has 0 fully saturated rings. The lowest BCUT2D eigenvalue weighted by Gasteiger charge is -2.05. The number of benzene rings is 2. The molecule has 0 aliphatic heterocycles. The summed E-state index contributed by atoms with van der Waals surface area (Å²) in [6, 6.07) is 12.0. The summed E-state index contributed by atoms with van der Waals surface area (Å²) in [5, 5.41) is 15.1. The molecule has 0 saturated carbocycles. The standard InChI is InChI=1S/C17H15FN4O3/c18-14-5-7-16(8-6-14)25-10-2-9-21-12-19-17(20-21)13-3-1-4-15(11-13)22(23)24/h1,3-8,11-12H,2,9-10H2. The zero-order chi connectivity index (χ0) is 17.6. The van der Waals surface area contributed by atoms with Gasteiger partial charge in [-0.15, -0.1) is 0 Å². The van der Waals surface area contributed by atoms with Crippen LogP contribution >= 0.6 is 0 Å². The van der Waals surface area contributed by atoms with Crippen molar-refractivity contribution >= 4 is 5.69 Å². The monoisotopic (exact) mass is 342 g/mol. The first kappa shape index (κ1) is 16.6. The van der Waals surface area contributed by atoms with Crippen molar-refractivity contribution in [1.29, 1.82) is 0 Å². The maximum atomic E-state index is 12.8. The molecule has 0 bridgehead atoms. The Hall–Kier alpha value is -3.29. The van der Waals surface area contributed by atoms with Crippen LogP contribution in [0.3, 0.4) is 0 Å². The summed E-state index contributed by atoms with van der Waals surface area (Å²) in [7, 11) is 0. The second-order valence-corrected chi connectivity index (χ2v) is 5.29. The summed E-state index contributed by atoms with van der Waals surface area (Å²) >= 11 is 0. The number of non-ortho nitro benzene ring substituents is 1. The average Bonchev–Trinajstić information content (AvgIpc) is 3.09. The van der Waals surface area contributed by atoms with Crippen LogP contribution in [-0.2, 0) is 6.54 Å². The van der Waals surface area contributed by atoms with Crippen LogP contribution in [0.2, 0.25) is 0 Å². The lowest BCUT2D eigenvalue weighted by molar-refractivity contribution is -0.384. The van der Waals surface area contributed by atoms with Gasteiger partial charge in [-0.2, -0.15) is 5.10 Å². The molecule has 7 nitrogen and oxygen atoms in total. The van der Waals surface area contributed by atoms with E-state index in [0.29, 0.717) is 36.7 Å². The van der Waals surface area contributed by atoms with Crippen molar-refractivity contribution in [2.75, 3.05) is 6.61 Å². The quantitative estimate of drug-likeness (QED) is 0.373. The Balaban J connectivity index is 1.54. The van der Waals surface area contributed by atoms with Gasteiger partial charge >= 0.3 is 0 Å². The van der Waals surface area contributed by atoms with Gasteiger partial charge in [0.15, 0.2) is 5.82 Å². The molecular weight excluding hydrogens is 327 g/mol. The number of rotatable bonds is 7. The van der Waals surface area contributed by atoms with E-state index >= 15 is 0 Å². The molecule has 0 aliphatic rings. The molecule has 1 heterocycles. The third-order valence-corrected chi connectivity index (χ3v) is 3.47. The zero-order valence-corrected chi connectivity index (χ0v) is 13.2. The number of ether oxygens (including phenoxy) is 1. The summed E-state index contributed by atoms with van der Waals surface area (Å²) < 4.78 is 20.0. The van der Waals surface area contributed by atoms with E-state index < -0.39 is 4.92 Å². The Kier molecular flexibility index (Phi) is 4.98. The summed E-state index contributed by atoms with van der Waals surface area (Å²) in [5.41, 5.74) is 0.595. The minimum absolute atomic E-state index is 0.00143. The van der Waals surface area contributed by atoms with Gasteiger partial charge in [-0.25, -0.2) is 9.37 Å². The van der Waals surface area contributed by atoms with Crippen LogP contribution in [-0.4, -0.2) is 26.3 Å². The summed E-state index contributed by atoms with van der Waals surface area (Å²) in [4.78, 5) is 14.6. The molecule has 2 aromatic carbocycles. The fourth-order valence-corrected chi connectivity index (χ4v) is 2.24. The highest BCUT2D eigenvalue weighted by Crippen LogP contribution is 2.20. The van der Waals surface area contributed by atoms with Crippen molar-refractivity contribution in [2.45, 2.75) is 13.0 Å². The Morgan fingerprint density at radius 1 is 1.20 bits per heavy atom. The van der Waals surface area contributed by atoms with Crippen LogP contribution in [0.25, 0.3) is 11.4 Å². The van der Waals surface area contributed by atoms with E-state index in [0.717, 1.165) is 0 Å². The van der Waals surface area contributed by atoms with Gasteiger partial charge in [-0.3, -0.25) is 14.8 Å². The summed E-state index contributed by atoms with van der Waals surface area (Å²) in [6.45, 7) is 1.04. The first-order chi connectivity index (χ1) is 12.1. The van der Waals surface area contributed by atoms with Crippen LogP contribution < -0.4 is 4.74 Å². The molecule has 0 aliphatic carbocycles. The highest BCUT2D eigenvalue weighted by atomic mass is 19.1.